The van der Waals surface area contributed by atoms with Crippen LogP contribution in [0.1, 0.15) is 0 Å². The zero-order valence-corrected chi connectivity index (χ0v) is 13.3. The summed E-state index contributed by atoms with van der Waals surface area (Å²) < 4.78 is 2.96. The average Bonchev–Trinajstić information content (AvgIpc) is 2.85. The average molecular weight is 358 g/mol. The van der Waals surface area contributed by atoms with Gasteiger partial charge in [0, 0.05) is 5.56 Å². The lowest BCUT2D eigenvalue weighted by Gasteiger charge is -2.07. The second-order valence-corrected chi connectivity index (χ2v) is 5.98. The van der Waals surface area contributed by atoms with E-state index in [1.165, 1.54) is 5.39 Å². The van der Waals surface area contributed by atoms with Gasteiger partial charge in [-0.05, 0) is 45.6 Å². The van der Waals surface area contributed by atoms with Crippen molar-refractivity contribution in [2.24, 2.45) is 0 Å². The van der Waals surface area contributed by atoms with Gasteiger partial charge >= 0.3 is 0 Å². The van der Waals surface area contributed by atoms with E-state index in [1.54, 1.807) is 0 Å². The van der Waals surface area contributed by atoms with Crippen molar-refractivity contribution in [3.8, 4) is 11.4 Å². The van der Waals surface area contributed by atoms with Crippen molar-refractivity contribution in [3.63, 3.8) is 0 Å². The number of para-hydroxylation sites is 1. The lowest BCUT2D eigenvalue weighted by molar-refractivity contribution is 1.21. The van der Waals surface area contributed by atoms with Gasteiger partial charge in [-0.3, -0.25) is 4.40 Å². The Bertz CT molecular complexity index is 975. The van der Waals surface area contributed by atoms with Gasteiger partial charge in [0.25, 0.3) is 0 Å². The first kappa shape index (κ1) is 12.9. The van der Waals surface area contributed by atoms with E-state index >= 15 is 0 Å². The minimum Gasteiger partial charge on any atom is -0.291 e. The predicted octanol–water partition coefficient (Wildman–Crippen LogP) is 5.57. The summed E-state index contributed by atoms with van der Waals surface area (Å²) in [5, 5.41) is 1.87. The Kier molecular flexibility index (Phi) is 2.98. The van der Waals surface area contributed by atoms with Crippen LogP contribution < -0.4 is 0 Å². The van der Waals surface area contributed by atoms with E-state index in [2.05, 4.69) is 49.6 Å². The first-order valence-electron chi connectivity index (χ1n) is 6.56. The number of imidazole rings is 1. The summed E-state index contributed by atoms with van der Waals surface area (Å²) in [6, 6.07) is 20.2. The van der Waals surface area contributed by atoms with Crippen LogP contribution in [0.15, 0.2) is 65.3 Å². The first-order chi connectivity index (χ1) is 10.3. The van der Waals surface area contributed by atoms with E-state index in [0.717, 1.165) is 27.0 Å². The van der Waals surface area contributed by atoms with Crippen LogP contribution in [0.25, 0.3) is 27.8 Å². The second kappa shape index (κ2) is 4.86. The third-order valence-electron chi connectivity index (χ3n) is 3.58. The number of aromatic nitrogens is 2. The number of halogens is 2. The SMILES string of the molecule is Clc1ccccc1-c1nc(Br)c2ccc3ccccc3n12. The Hall–Kier alpha value is -1.84. The van der Waals surface area contributed by atoms with Gasteiger partial charge in [-0.2, -0.15) is 0 Å². The molecule has 0 spiro atoms. The van der Waals surface area contributed by atoms with E-state index in [1.807, 2.05) is 36.4 Å². The molecule has 0 amide bonds. The topological polar surface area (TPSA) is 17.3 Å². The van der Waals surface area contributed by atoms with Crippen LogP contribution in [-0.2, 0) is 0 Å². The largest absolute Gasteiger partial charge is 0.291 e. The highest BCUT2D eigenvalue weighted by Gasteiger charge is 2.15. The summed E-state index contributed by atoms with van der Waals surface area (Å²) in [6.45, 7) is 0. The monoisotopic (exact) mass is 356 g/mol. The van der Waals surface area contributed by atoms with Crippen molar-refractivity contribution in [3.05, 3.63) is 70.3 Å². The Morgan fingerprint density at radius 2 is 1.62 bits per heavy atom. The zero-order valence-electron chi connectivity index (χ0n) is 10.9. The highest BCUT2D eigenvalue weighted by atomic mass is 79.9. The molecule has 0 aliphatic rings. The smallest absolute Gasteiger partial charge is 0.147 e. The fourth-order valence-electron chi connectivity index (χ4n) is 2.62. The number of nitrogens with zero attached hydrogens (tertiary/aromatic N) is 2. The second-order valence-electron chi connectivity index (χ2n) is 4.82. The molecular formula is C17H10BrClN2. The van der Waals surface area contributed by atoms with Gasteiger partial charge in [-0.25, -0.2) is 4.98 Å². The minimum atomic E-state index is 0.699. The van der Waals surface area contributed by atoms with Gasteiger partial charge in [0.05, 0.1) is 16.1 Å². The van der Waals surface area contributed by atoms with Gasteiger partial charge in [0.1, 0.15) is 10.4 Å². The Labute approximate surface area is 135 Å². The van der Waals surface area contributed by atoms with Crippen molar-refractivity contribution in [1.82, 2.24) is 9.38 Å². The molecule has 0 radical (unpaired) electrons. The quantitative estimate of drug-likeness (QED) is 0.435. The number of pyridine rings is 1. The van der Waals surface area contributed by atoms with Crippen molar-refractivity contribution in [2.45, 2.75) is 0 Å². The molecule has 0 aliphatic heterocycles. The molecule has 0 saturated heterocycles. The molecule has 0 atom stereocenters. The number of rotatable bonds is 1. The van der Waals surface area contributed by atoms with Crippen LogP contribution in [0, 0.1) is 0 Å². The number of hydrogen-bond acceptors (Lipinski definition) is 1. The van der Waals surface area contributed by atoms with Crippen LogP contribution in [0.3, 0.4) is 0 Å². The summed E-state index contributed by atoms with van der Waals surface area (Å²) in [5.41, 5.74) is 3.07. The molecule has 4 rings (SSSR count). The van der Waals surface area contributed by atoms with E-state index in [-0.39, 0.29) is 0 Å². The molecule has 102 valence electrons. The fraction of sp³-hybridized carbons (Fsp3) is 0. The maximum Gasteiger partial charge on any atom is 0.147 e. The maximum atomic E-state index is 6.35. The van der Waals surface area contributed by atoms with Crippen LogP contribution in [0.5, 0.6) is 0 Å². The molecule has 2 heterocycles. The molecule has 2 nitrogen and oxygen atoms in total. The summed E-state index contributed by atoms with van der Waals surface area (Å²) in [5.74, 6) is 0.847. The fourth-order valence-corrected chi connectivity index (χ4v) is 3.32. The van der Waals surface area contributed by atoms with Gasteiger partial charge < -0.3 is 0 Å². The molecule has 4 heteroatoms. The lowest BCUT2D eigenvalue weighted by Crippen LogP contribution is -1.92. The molecule has 0 unspecified atom stereocenters. The number of benzene rings is 2. The summed E-state index contributed by atoms with van der Waals surface area (Å²) >= 11 is 9.90. The summed E-state index contributed by atoms with van der Waals surface area (Å²) in [7, 11) is 0. The zero-order chi connectivity index (χ0) is 14.4. The standard InChI is InChI=1S/C17H10BrClN2/c18-16-15-10-9-11-5-1-4-8-14(11)21(15)17(20-16)12-6-2-3-7-13(12)19/h1-10H. The molecular weight excluding hydrogens is 348 g/mol. The first-order valence-corrected chi connectivity index (χ1v) is 7.73. The molecule has 2 aromatic carbocycles. The molecule has 0 saturated carbocycles. The predicted molar refractivity (Wildman–Crippen MR) is 90.8 cm³/mol. The van der Waals surface area contributed by atoms with Crippen molar-refractivity contribution in [1.29, 1.82) is 0 Å². The van der Waals surface area contributed by atoms with Gasteiger partial charge in [-0.1, -0.05) is 48.0 Å². The number of hydrogen-bond donors (Lipinski definition) is 0. The summed E-state index contributed by atoms with van der Waals surface area (Å²) in [4.78, 5) is 4.67. The van der Waals surface area contributed by atoms with Gasteiger partial charge in [-0.15, -0.1) is 0 Å². The third-order valence-corrected chi connectivity index (χ3v) is 4.49. The molecule has 2 aromatic heterocycles. The molecule has 4 aromatic rings. The Morgan fingerprint density at radius 3 is 2.48 bits per heavy atom. The Balaban J connectivity index is 2.20. The van der Waals surface area contributed by atoms with Gasteiger partial charge in [0.2, 0.25) is 0 Å². The van der Waals surface area contributed by atoms with E-state index in [0.29, 0.717) is 5.02 Å². The minimum absolute atomic E-state index is 0.699. The highest BCUT2D eigenvalue weighted by molar-refractivity contribution is 9.10. The van der Waals surface area contributed by atoms with Crippen LogP contribution >= 0.6 is 27.5 Å². The maximum absolute atomic E-state index is 6.35. The van der Waals surface area contributed by atoms with Crippen LogP contribution in [-0.4, -0.2) is 9.38 Å². The molecule has 0 bridgehead atoms. The van der Waals surface area contributed by atoms with Crippen molar-refractivity contribution < 1.29 is 0 Å². The molecule has 0 N–H and O–H groups in total. The van der Waals surface area contributed by atoms with E-state index < -0.39 is 0 Å². The third kappa shape index (κ3) is 1.96. The molecule has 21 heavy (non-hydrogen) atoms. The lowest BCUT2D eigenvalue weighted by atomic mass is 10.2. The van der Waals surface area contributed by atoms with Crippen LogP contribution in [0.4, 0.5) is 0 Å². The number of fused-ring (bicyclic) bond motifs is 3. The highest BCUT2D eigenvalue weighted by Crippen LogP contribution is 2.33. The summed E-state index contributed by atoms with van der Waals surface area (Å²) in [6.07, 6.45) is 0. The van der Waals surface area contributed by atoms with Gasteiger partial charge in [0.15, 0.2) is 0 Å². The molecule has 0 fully saturated rings. The Morgan fingerprint density at radius 1 is 0.857 bits per heavy atom. The van der Waals surface area contributed by atoms with E-state index in [9.17, 15) is 0 Å². The van der Waals surface area contributed by atoms with Crippen molar-refractivity contribution in [2.75, 3.05) is 0 Å². The van der Waals surface area contributed by atoms with E-state index in [4.69, 9.17) is 11.6 Å². The normalized spacial score (nSPS) is 11.3. The van der Waals surface area contributed by atoms with Crippen molar-refractivity contribution >= 4 is 44.0 Å². The van der Waals surface area contributed by atoms with Crippen LogP contribution in [0.2, 0.25) is 5.02 Å². The molecule has 0 aliphatic carbocycles.